The molecule has 1 fully saturated rings. The highest BCUT2D eigenvalue weighted by Gasteiger charge is 2.22. The molecule has 2 unspecified atom stereocenters. The molecule has 13 heavy (non-hydrogen) atoms. The minimum Gasteiger partial charge on any atom is -0.313 e. The molecule has 0 saturated heterocycles. The average Bonchev–Trinajstić information content (AvgIpc) is 2.33. The normalized spacial score (nSPS) is 30.0. The third-order valence-corrected chi connectivity index (χ3v) is 4.13. The highest BCUT2D eigenvalue weighted by molar-refractivity contribution is 7.99. The van der Waals surface area contributed by atoms with E-state index in [0.717, 1.165) is 17.8 Å². The molecule has 0 radical (unpaired) electrons. The summed E-state index contributed by atoms with van der Waals surface area (Å²) in [4.78, 5) is 0. The van der Waals surface area contributed by atoms with Crippen LogP contribution in [0.1, 0.15) is 46.0 Å². The molecule has 0 aromatic rings. The smallest absolute Gasteiger partial charge is 0.0201 e. The van der Waals surface area contributed by atoms with Crippen molar-refractivity contribution in [2.24, 2.45) is 0 Å². The van der Waals surface area contributed by atoms with Crippen LogP contribution >= 0.6 is 11.8 Å². The second kappa shape index (κ2) is 6.72. The van der Waals surface area contributed by atoms with E-state index in [-0.39, 0.29) is 0 Å². The van der Waals surface area contributed by atoms with Crippen molar-refractivity contribution >= 4 is 11.8 Å². The van der Waals surface area contributed by atoms with Crippen LogP contribution in [0.3, 0.4) is 0 Å². The molecule has 0 bridgehead atoms. The maximum absolute atomic E-state index is 3.64. The summed E-state index contributed by atoms with van der Waals surface area (Å²) in [5, 5.41) is 4.52. The number of hydrogen-bond acceptors (Lipinski definition) is 2. The van der Waals surface area contributed by atoms with Crippen LogP contribution in [-0.4, -0.2) is 23.6 Å². The summed E-state index contributed by atoms with van der Waals surface area (Å²) >= 11 is 2.15. The van der Waals surface area contributed by atoms with Gasteiger partial charge in [0, 0.05) is 11.3 Å². The fraction of sp³-hybridized carbons (Fsp3) is 1.00. The van der Waals surface area contributed by atoms with E-state index in [4.69, 9.17) is 0 Å². The highest BCUT2D eigenvalue weighted by atomic mass is 32.2. The second-order valence-corrected chi connectivity index (χ2v) is 5.31. The Bertz CT molecular complexity index is 113. The molecule has 1 nitrogen and oxygen atoms in total. The van der Waals surface area contributed by atoms with E-state index in [1.54, 1.807) is 0 Å². The molecule has 1 aliphatic carbocycles. The minimum atomic E-state index is 0.789. The third kappa shape index (κ3) is 3.90. The van der Waals surface area contributed by atoms with Gasteiger partial charge in [-0.15, -0.1) is 0 Å². The molecule has 0 aromatic carbocycles. The molecule has 1 rings (SSSR count). The first kappa shape index (κ1) is 11.4. The van der Waals surface area contributed by atoms with Crippen LogP contribution in [0, 0.1) is 0 Å². The predicted octanol–water partition coefficient (Wildman–Crippen LogP) is 3.05. The van der Waals surface area contributed by atoms with Gasteiger partial charge in [0.05, 0.1) is 0 Å². The van der Waals surface area contributed by atoms with Crippen molar-refractivity contribution in [3.8, 4) is 0 Å². The molecule has 2 heteroatoms. The molecular formula is C11H23NS. The molecule has 1 aliphatic rings. The molecule has 78 valence electrons. The quantitative estimate of drug-likeness (QED) is 0.702. The van der Waals surface area contributed by atoms with Crippen molar-refractivity contribution in [3.05, 3.63) is 0 Å². The summed E-state index contributed by atoms with van der Waals surface area (Å²) in [5.74, 6) is 1.27. The maximum Gasteiger partial charge on any atom is 0.0201 e. The highest BCUT2D eigenvalue weighted by Crippen LogP contribution is 2.27. The van der Waals surface area contributed by atoms with Crippen LogP contribution in [0.2, 0.25) is 0 Å². The second-order valence-electron chi connectivity index (χ2n) is 3.80. The zero-order valence-corrected chi connectivity index (χ0v) is 9.83. The van der Waals surface area contributed by atoms with Crippen molar-refractivity contribution in [2.75, 3.05) is 12.3 Å². The first-order valence-electron chi connectivity index (χ1n) is 5.73. The van der Waals surface area contributed by atoms with Gasteiger partial charge in [-0.05, 0) is 25.1 Å². The summed E-state index contributed by atoms with van der Waals surface area (Å²) < 4.78 is 0. The molecule has 0 spiro atoms. The van der Waals surface area contributed by atoms with Gasteiger partial charge in [0.1, 0.15) is 0 Å². The lowest BCUT2D eigenvalue weighted by Gasteiger charge is -2.24. The zero-order valence-electron chi connectivity index (χ0n) is 9.01. The number of thioether (sulfide) groups is 1. The van der Waals surface area contributed by atoms with Gasteiger partial charge in [0.2, 0.25) is 0 Å². The molecule has 1 N–H and O–H groups in total. The van der Waals surface area contributed by atoms with E-state index in [1.165, 1.54) is 37.9 Å². The van der Waals surface area contributed by atoms with Gasteiger partial charge >= 0.3 is 0 Å². The Morgan fingerprint density at radius 3 is 2.62 bits per heavy atom. The Morgan fingerprint density at radius 1 is 1.15 bits per heavy atom. The lowest BCUT2D eigenvalue weighted by atomic mass is 10.1. The van der Waals surface area contributed by atoms with Gasteiger partial charge in [0.15, 0.2) is 0 Å². The van der Waals surface area contributed by atoms with Crippen LogP contribution in [0.5, 0.6) is 0 Å². The summed E-state index contributed by atoms with van der Waals surface area (Å²) in [6.45, 7) is 5.63. The first-order valence-corrected chi connectivity index (χ1v) is 6.78. The standard InChI is InChI=1S/C11H23NS/c1-3-12-10-8-6-5-7-9-11(10)13-4-2/h10-12H,3-9H2,1-2H3. The van der Waals surface area contributed by atoms with E-state index in [9.17, 15) is 0 Å². The summed E-state index contributed by atoms with van der Waals surface area (Å²) in [6.07, 6.45) is 7.14. The fourth-order valence-corrected chi connectivity index (χ4v) is 3.41. The topological polar surface area (TPSA) is 12.0 Å². The molecule has 0 heterocycles. The largest absolute Gasteiger partial charge is 0.313 e. The van der Waals surface area contributed by atoms with Crippen LogP contribution in [-0.2, 0) is 0 Å². The van der Waals surface area contributed by atoms with Crippen molar-refractivity contribution in [2.45, 2.75) is 57.2 Å². The number of nitrogens with one attached hydrogen (secondary N) is 1. The van der Waals surface area contributed by atoms with E-state index in [0.29, 0.717) is 0 Å². The molecule has 0 amide bonds. The summed E-state index contributed by atoms with van der Waals surface area (Å²) in [7, 11) is 0. The van der Waals surface area contributed by atoms with Gasteiger partial charge in [-0.1, -0.05) is 33.1 Å². The SMILES string of the molecule is CCNC1CCCCCC1SCC. The molecule has 2 atom stereocenters. The van der Waals surface area contributed by atoms with Crippen molar-refractivity contribution < 1.29 is 0 Å². The fourth-order valence-electron chi connectivity index (χ4n) is 2.18. The molecule has 0 aliphatic heterocycles. The van der Waals surface area contributed by atoms with Crippen LogP contribution in [0.15, 0.2) is 0 Å². The van der Waals surface area contributed by atoms with Gasteiger partial charge < -0.3 is 5.32 Å². The summed E-state index contributed by atoms with van der Waals surface area (Å²) in [5.41, 5.74) is 0. The van der Waals surface area contributed by atoms with E-state index < -0.39 is 0 Å². The van der Waals surface area contributed by atoms with Crippen LogP contribution < -0.4 is 5.32 Å². The first-order chi connectivity index (χ1) is 6.38. The van der Waals surface area contributed by atoms with E-state index in [1.807, 2.05) is 0 Å². The Hall–Kier alpha value is 0.310. The minimum absolute atomic E-state index is 0.789. The van der Waals surface area contributed by atoms with Gasteiger partial charge in [0.25, 0.3) is 0 Å². The lowest BCUT2D eigenvalue weighted by molar-refractivity contribution is 0.482. The third-order valence-electron chi connectivity index (χ3n) is 2.80. The van der Waals surface area contributed by atoms with Crippen LogP contribution in [0.4, 0.5) is 0 Å². The monoisotopic (exact) mass is 201 g/mol. The maximum atomic E-state index is 3.64. The van der Waals surface area contributed by atoms with Crippen molar-refractivity contribution in [1.29, 1.82) is 0 Å². The Balaban J connectivity index is 2.40. The number of hydrogen-bond donors (Lipinski definition) is 1. The predicted molar refractivity (Wildman–Crippen MR) is 62.5 cm³/mol. The Kier molecular flexibility index (Phi) is 5.88. The van der Waals surface area contributed by atoms with Gasteiger partial charge in [-0.25, -0.2) is 0 Å². The van der Waals surface area contributed by atoms with Gasteiger partial charge in [-0.2, -0.15) is 11.8 Å². The Morgan fingerprint density at radius 2 is 1.92 bits per heavy atom. The van der Waals surface area contributed by atoms with Crippen LogP contribution in [0.25, 0.3) is 0 Å². The molecule has 1 saturated carbocycles. The Labute approximate surface area is 87.1 Å². The average molecular weight is 201 g/mol. The van der Waals surface area contributed by atoms with E-state index >= 15 is 0 Å². The van der Waals surface area contributed by atoms with E-state index in [2.05, 4.69) is 30.9 Å². The lowest BCUT2D eigenvalue weighted by Crippen LogP contribution is -2.37. The number of rotatable bonds is 4. The zero-order chi connectivity index (χ0) is 9.52. The molecular weight excluding hydrogens is 178 g/mol. The summed E-state index contributed by atoms with van der Waals surface area (Å²) in [6, 6.07) is 0.789. The van der Waals surface area contributed by atoms with Crippen molar-refractivity contribution in [3.63, 3.8) is 0 Å². The van der Waals surface area contributed by atoms with Gasteiger partial charge in [-0.3, -0.25) is 0 Å². The van der Waals surface area contributed by atoms with Crippen molar-refractivity contribution in [1.82, 2.24) is 5.32 Å². The molecule has 0 aromatic heterocycles.